The summed E-state index contributed by atoms with van der Waals surface area (Å²) in [6.45, 7) is 2.84. The minimum Gasteiger partial charge on any atom is -0.424 e. The molecule has 1 aliphatic heterocycles. The molecule has 28 heavy (non-hydrogen) atoms. The molecule has 4 N–H and O–H groups in total. The number of ether oxygens (including phenoxy) is 2. The second-order valence-corrected chi connectivity index (χ2v) is 6.63. The molecule has 1 fully saturated rings. The minimum atomic E-state index is -1.81. The number of piperidine rings is 1. The van der Waals surface area contributed by atoms with Crippen molar-refractivity contribution in [2.45, 2.75) is 44.3 Å². The van der Waals surface area contributed by atoms with Gasteiger partial charge in [0, 0.05) is 18.4 Å². The molecule has 1 heterocycles. The zero-order valence-electron chi connectivity index (χ0n) is 15.7. The number of esters is 1. The Morgan fingerprint density at radius 3 is 2.54 bits per heavy atom. The molecule has 9 heteroatoms. The van der Waals surface area contributed by atoms with Gasteiger partial charge in [0.2, 0.25) is 5.60 Å². The van der Waals surface area contributed by atoms with Crippen LogP contribution in [0, 0.1) is 0 Å². The van der Waals surface area contributed by atoms with Crippen molar-refractivity contribution in [3.05, 3.63) is 29.8 Å². The summed E-state index contributed by atoms with van der Waals surface area (Å²) in [6, 6.07) is 5.95. The lowest BCUT2D eigenvalue weighted by atomic mass is 9.95. The van der Waals surface area contributed by atoms with Gasteiger partial charge in [0.1, 0.15) is 12.0 Å². The van der Waals surface area contributed by atoms with Gasteiger partial charge in [0.25, 0.3) is 0 Å². The van der Waals surface area contributed by atoms with Gasteiger partial charge in [0.15, 0.2) is 11.6 Å². The Morgan fingerprint density at radius 1 is 1.32 bits per heavy atom. The average molecular weight is 391 g/mol. The molecule has 1 aromatic rings. The fraction of sp³-hybridized carbons (Fsp3) is 0.474. The third kappa shape index (κ3) is 5.37. The number of hydrogen-bond acceptors (Lipinski definition) is 8. The predicted molar refractivity (Wildman–Crippen MR) is 100 cm³/mol. The molecular formula is C19H25N3O6. The number of carbonyl (C=O) groups is 3. The first-order chi connectivity index (χ1) is 13.4. The summed E-state index contributed by atoms with van der Waals surface area (Å²) in [6.07, 6.45) is 1.59. The lowest BCUT2D eigenvalue weighted by Gasteiger charge is -2.33. The van der Waals surface area contributed by atoms with E-state index in [0.717, 1.165) is 13.1 Å². The van der Waals surface area contributed by atoms with Crippen molar-refractivity contribution in [2.75, 3.05) is 13.1 Å². The Bertz CT molecular complexity index is 728. The highest BCUT2D eigenvalue weighted by Crippen LogP contribution is 2.25. The molecular weight excluding hydrogens is 366 g/mol. The normalized spacial score (nSPS) is 17.5. The van der Waals surface area contributed by atoms with E-state index in [1.807, 2.05) is 0 Å². The van der Waals surface area contributed by atoms with Gasteiger partial charge in [-0.2, -0.15) is 0 Å². The molecule has 0 aromatic heterocycles. The van der Waals surface area contributed by atoms with Gasteiger partial charge >= 0.3 is 5.97 Å². The van der Waals surface area contributed by atoms with Crippen LogP contribution in [0.4, 0.5) is 0 Å². The molecule has 0 radical (unpaired) electrons. The molecule has 0 bridgehead atoms. The highest BCUT2D eigenvalue weighted by atomic mass is 16.6. The van der Waals surface area contributed by atoms with Crippen LogP contribution in [0.15, 0.2) is 29.4 Å². The highest BCUT2D eigenvalue weighted by Gasteiger charge is 2.45. The second-order valence-electron chi connectivity index (χ2n) is 6.63. The average Bonchev–Trinajstić information content (AvgIpc) is 2.72. The Balaban J connectivity index is 2.17. The number of oxime groups is 1. The Hall–Kier alpha value is -2.78. The summed E-state index contributed by atoms with van der Waals surface area (Å²) in [4.78, 5) is 36.1. The van der Waals surface area contributed by atoms with E-state index in [9.17, 15) is 14.4 Å². The fourth-order valence-corrected chi connectivity index (χ4v) is 2.86. The Kier molecular flexibility index (Phi) is 7.65. The summed E-state index contributed by atoms with van der Waals surface area (Å²) in [5, 5.41) is 14.8. The van der Waals surface area contributed by atoms with Crippen molar-refractivity contribution in [3.63, 3.8) is 0 Å². The van der Waals surface area contributed by atoms with Crippen LogP contribution in [0.1, 0.15) is 38.2 Å². The molecule has 0 spiro atoms. The van der Waals surface area contributed by atoms with Crippen molar-refractivity contribution in [1.82, 2.24) is 5.32 Å². The van der Waals surface area contributed by atoms with Crippen LogP contribution in [0.3, 0.4) is 0 Å². The van der Waals surface area contributed by atoms with Gasteiger partial charge in [-0.1, -0.05) is 5.16 Å². The molecule has 1 aliphatic rings. The van der Waals surface area contributed by atoms with E-state index in [1.165, 1.54) is 31.2 Å². The number of rotatable bonds is 9. The maximum absolute atomic E-state index is 12.8. The third-order valence-electron chi connectivity index (χ3n) is 4.57. The van der Waals surface area contributed by atoms with Crippen molar-refractivity contribution in [2.24, 2.45) is 10.9 Å². The molecule has 1 aromatic carbocycles. The Morgan fingerprint density at radius 2 is 1.96 bits per heavy atom. The van der Waals surface area contributed by atoms with Crippen LogP contribution in [-0.2, 0) is 19.1 Å². The topological polar surface area (TPSA) is 140 Å². The quantitative estimate of drug-likeness (QED) is 0.0819. The SMILES string of the molecule is CC(OC1CCNCC1)(C(=O)CCC=O)C(=O)Oc1ccc(C(N)=NO)cc1. The Labute approximate surface area is 162 Å². The number of aldehydes is 1. The van der Waals surface area contributed by atoms with Crippen LogP contribution in [0.5, 0.6) is 5.75 Å². The number of Topliss-reactive ketones (excluding diaryl/α,β-unsaturated/α-hetero) is 1. The number of nitrogens with two attached hydrogens (primary N) is 1. The van der Waals surface area contributed by atoms with Gasteiger partial charge in [-0.15, -0.1) is 0 Å². The number of ketones is 1. The van der Waals surface area contributed by atoms with E-state index in [2.05, 4.69) is 10.5 Å². The molecule has 1 saturated heterocycles. The first-order valence-corrected chi connectivity index (χ1v) is 9.06. The smallest absolute Gasteiger partial charge is 0.351 e. The van der Waals surface area contributed by atoms with E-state index in [0.29, 0.717) is 24.7 Å². The monoisotopic (exact) mass is 391 g/mol. The van der Waals surface area contributed by atoms with Crippen LogP contribution in [0.25, 0.3) is 0 Å². The zero-order chi connectivity index (χ0) is 20.6. The van der Waals surface area contributed by atoms with E-state index < -0.39 is 17.4 Å². The largest absolute Gasteiger partial charge is 0.424 e. The summed E-state index contributed by atoms with van der Waals surface area (Å²) in [5.41, 5.74) is 4.13. The lowest BCUT2D eigenvalue weighted by Crippen LogP contribution is -2.52. The van der Waals surface area contributed by atoms with Crippen LogP contribution in [0.2, 0.25) is 0 Å². The van der Waals surface area contributed by atoms with Crippen LogP contribution < -0.4 is 15.8 Å². The highest BCUT2D eigenvalue weighted by molar-refractivity contribution is 6.08. The van der Waals surface area contributed by atoms with Gasteiger partial charge < -0.3 is 30.5 Å². The molecule has 0 saturated carbocycles. The van der Waals surface area contributed by atoms with E-state index >= 15 is 0 Å². The summed E-state index contributed by atoms with van der Waals surface area (Å²) >= 11 is 0. The molecule has 2 rings (SSSR count). The number of amidine groups is 1. The molecule has 1 unspecified atom stereocenters. The first-order valence-electron chi connectivity index (χ1n) is 9.06. The number of nitrogens with zero attached hydrogens (tertiary/aromatic N) is 1. The van der Waals surface area contributed by atoms with E-state index in [1.54, 1.807) is 0 Å². The van der Waals surface area contributed by atoms with Crippen molar-refractivity contribution >= 4 is 23.9 Å². The molecule has 0 amide bonds. The number of nitrogens with one attached hydrogen (secondary N) is 1. The van der Waals surface area contributed by atoms with E-state index in [4.69, 9.17) is 20.4 Å². The number of hydrogen-bond donors (Lipinski definition) is 3. The lowest BCUT2D eigenvalue weighted by molar-refractivity contribution is -0.176. The first kappa shape index (κ1) is 21.5. The van der Waals surface area contributed by atoms with Crippen LogP contribution in [-0.4, -0.2) is 53.9 Å². The maximum Gasteiger partial charge on any atom is 0.351 e. The summed E-state index contributed by atoms with van der Waals surface area (Å²) in [5.74, 6) is -1.25. The van der Waals surface area contributed by atoms with Gasteiger partial charge in [0.05, 0.1) is 6.10 Å². The zero-order valence-corrected chi connectivity index (χ0v) is 15.7. The molecule has 9 nitrogen and oxygen atoms in total. The van der Waals surface area contributed by atoms with E-state index in [-0.39, 0.29) is 30.5 Å². The molecule has 0 aliphatic carbocycles. The number of benzene rings is 1. The minimum absolute atomic E-state index is 0.00571. The molecule has 1 atom stereocenters. The van der Waals surface area contributed by atoms with Crippen molar-refractivity contribution < 1.29 is 29.1 Å². The van der Waals surface area contributed by atoms with Gasteiger partial charge in [-0.05, 0) is 57.1 Å². The number of carbonyl (C=O) groups excluding carboxylic acids is 3. The van der Waals surface area contributed by atoms with Crippen LogP contribution >= 0.6 is 0 Å². The van der Waals surface area contributed by atoms with Gasteiger partial charge in [-0.3, -0.25) is 4.79 Å². The van der Waals surface area contributed by atoms with Crippen molar-refractivity contribution in [3.8, 4) is 5.75 Å². The fourth-order valence-electron chi connectivity index (χ4n) is 2.86. The standard InChI is InChI=1S/C19H25N3O6/c1-19(16(24)3-2-12-23,28-15-8-10-21-11-9-15)18(25)27-14-6-4-13(5-7-14)17(20)22-26/h4-7,12,15,21,26H,2-3,8-11H2,1H3,(H2,20,22). The third-order valence-corrected chi connectivity index (χ3v) is 4.57. The van der Waals surface area contributed by atoms with Gasteiger partial charge in [-0.25, -0.2) is 4.79 Å². The summed E-state index contributed by atoms with van der Waals surface area (Å²) < 4.78 is 11.3. The maximum atomic E-state index is 12.8. The second kappa shape index (κ2) is 9.95. The summed E-state index contributed by atoms with van der Waals surface area (Å²) in [7, 11) is 0. The van der Waals surface area contributed by atoms with Crippen molar-refractivity contribution in [1.29, 1.82) is 0 Å². The molecule has 152 valence electrons. The predicted octanol–water partition coefficient (Wildman–Crippen LogP) is 0.762.